The second kappa shape index (κ2) is 12.1. The van der Waals surface area contributed by atoms with Crippen LogP contribution in [0.1, 0.15) is 33.6 Å². The summed E-state index contributed by atoms with van der Waals surface area (Å²) >= 11 is 0. The molecular formula is C50H36N2O. The Kier molecular flexibility index (Phi) is 7.09. The zero-order valence-corrected chi connectivity index (χ0v) is 29.4. The van der Waals surface area contributed by atoms with Gasteiger partial charge in [-0.2, -0.15) is 0 Å². The number of para-hydroxylation sites is 5. The highest BCUT2D eigenvalue weighted by Gasteiger charge is 2.48. The van der Waals surface area contributed by atoms with Crippen molar-refractivity contribution in [3.8, 4) is 5.69 Å². The summed E-state index contributed by atoms with van der Waals surface area (Å²) in [6.07, 6.45) is 5.89. The van der Waals surface area contributed by atoms with Crippen molar-refractivity contribution in [1.82, 2.24) is 4.57 Å². The lowest BCUT2D eigenvalue weighted by atomic mass is 9.62. The number of furan rings is 1. The molecule has 0 radical (unpaired) electrons. The van der Waals surface area contributed by atoms with E-state index in [9.17, 15) is 0 Å². The van der Waals surface area contributed by atoms with Crippen LogP contribution in [0.3, 0.4) is 0 Å². The summed E-state index contributed by atoms with van der Waals surface area (Å²) in [4.78, 5) is 2.45. The Morgan fingerprint density at radius 2 is 1.15 bits per heavy atom. The highest BCUT2D eigenvalue weighted by Crippen LogP contribution is 2.59. The lowest BCUT2D eigenvalue weighted by Gasteiger charge is -2.46. The highest BCUT2D eigenvalue weighted by atomic mass is 16.3. The fraction of sp³-hybridized carbons (Fsp3) is 0.0400. The molecule has 0 atom stereocenters. The molecule has 252 valence electrons. The molecule has 7 aromatic carbocycles. The van der Waals surface area contributed by atoms with Crippen LogP contribution in [0, 0.1) is 6.92 Å². The largest absolute Gasteiger partial charge is 0.460 e. The van der Waals surface area contributed by atoms with Crippen LogP contribution in [0.15, 0.2) is 193 Å². The van der Waals surface area contributed by atoms with Gasteiger partial charge in [0.05, 0.1) is 27.8 Å². The van der Waals surface area contributed by atoms with Gasteiger partial charge in [0.1, 0.15) is 11.3 Å². The van der Waals surface area contributed by atoms with Gasteiger partial charge >= 0.3 is 0 Å². The van der Waals surface area contributed by atoms with E-state index in [-0.39, 0.29) is 0 Å². The third-order valence-corrected chi connectivity index (χ3v) is 11.0. The van der Waals surface area contributed by atoms with Gasteiger partial charge in [-0.1, -0.05) is 146 Å². The second-order valence-electron chi connectivity index (χ2n) is 13.7. The molecule has 0 bridgehead atoms. The fourth-order valence-electron chi connectivity index (χ4n) is 8.85. The summed E-state index contributed by atoms with van der Waals surface area (Å²) < 4.78 is 9.17. The Hall–Kier alpha value is -6.84. The van der Waals surface area contributed by atoms with Crippen molar-refractivity contribution in [2.24, 2.45) is 0 Å². The Labute approximate surface area is 309 Å². The summed E-state index contributed by atoms with van der Waals surface area (Å²) in [5.41, 5.74) is 12.9. The van der Waals surface area contributed by atoms with E-state index >= 15 is 0 Å². The first-order valence-electron chi connectivity index (χ1n) is 18.1. The molecule has 0 spiro atoms. The van der Waals surface area contributed by atoms with Crippen LogP contribution in [0.25, 0.3) is 44.5 Å². The van der Waals surface area contributed by atoms with Gasteiger partial charge in [0.15, 0.2) is 0 Å². The molecule has 0 amide bonds. The molecule has 0 aliphatic carbocycles. The van der Waals surface area contributed by atoms with Crippen LogP contribution in [-0.2, 0) is 5.41 Å². The number of hydrogen-bond acceptors (Lipinski definition) is 2. The van der Waals surface area contributed by atoms with Crippen LogP contribution in [0.2, 0.25) is 0 Å². The van der Waals surface area contributed by atoms with Gasteiger partial charge in [-0.15, -0.1) is 0 Å². The topological polar surface area (TPSA) is 21.3 Å². The zero-order chi connectivity index (χ0) is 35.5. The number of aryl methyl sites for hydroxylation is 1. The van der Waals surface area contributed by atoms with Gasteiger partial charge < -0.3 is 13.9 Å². The Bertz CT molecular complexity index is 2830. The number of benzene rings is 7. The second-order valence-corrected chi connectivity index (χ2v) is 13.7. The van der Waals surface area contributed by atoms with E-state index in [0.717, 1.165) is 50.6 Å². The predicted octanol–water partition coefficient (Wildman–Crippen LogP) is 13.2. The van der Waals surface area contributed by atoms with E-state index in [2.05, 4.69) is 199 Å². The number of rotatable bonds is 6. The molecule has 9 aromatic rings. The summed E-state index contributed by atoms with van der Waals surface area (Å²) in [6, 6.07) is 61.6. The maximum Gasteiger partial charge on any atom is 0.139 e. The zero-order valence-electron chi connectivity index (χ0n) is 29.4. The van der Waals surface area contributed by atoms with Crippen molar-refractivity contribution in [3.63, 3.8) is 0 Å². The lowest BCUT2D eigenvalue weighted by molar-refractivity contribution is 0.566. The Morgan fingerprint density at radius 1 is 0.547 bits per heavy atom. The van der Waals surface area contributed by atoms with Gasteiger partial charge in [-0.05, 0) is 72.1 Å². The molecule has 1 aliphatic heterocycles. The molecule has 3 heterocycles. The quantitative estimate of drug-likeness (QED) is 0.163. The molecule has 3 nitrogen and oxygen atoms in total. The monoisotopic (exact) mass is 680 g/mol. The van der Waals surface area contributed by atoms with Crippen molar-refractivity contribution < 1.29 is 4.42 Å². The maximum absolute atomic E-state index is 6.79. The van der Waals surface area contributed by atoms with E-state index < -0.39 is 5.41 Å². The molecule has 1 aliphatic rings. The van der Waals surface area contributed by atoms with E-state index in [4.69, 9.17) is 4.42 Å². The first kappa shape index (κ1) is 30.9. The number of allylic oxidation sites excluding steroid dienone is 2. The molecule has 0 fully saturated rings. The van der Waals surface area contributed by atoms with Crippen LogP contribution in [0.5, 0.6) is 0 Å². The van der Waals surface area contributed by atoms with E-state index in [0.29, 0.717) is 0 Å². The third kappa shape index (κ3) is 4.47. The van der Waals surface area contributed by atoms with Crippen LogP contribution >= 0.6 is 0 Å². The van der Waals surface area contributed by atoms with Crippen LogP contribution in [-0.4, -0.2) is 4.57 Å². The van der Waals surface area contributed by atoms with Crippen molar-refractivity contribution >= 4 is 55.9 Å². The van der Waals surface area contributed by atoms with Crippen LogP contribution < -0.4 is 4.90 Å². The maximum atomic E-state index is 6.79. The minimum absolute atomic E-state index is 0.679. The third-order valence-electron chi connectivity index (χ3n) is 11.0. The van der Waals surface area contributed by atoms with Gasteiger partial charge in [0, 0.05) is 38.7 Å². The average molecular weight is 681 g/mol. The fourth-order valence-corrected chi connectivity index (χ4v) is 8.85. The van der Waals surface area contributed by atoms with E-state index in [1.165, 1.54) is 38.5 Å². The lowest BCUT2D eigenvalue weighted by Crippen LogP contribution is -2.37. The summed E-state index contributed by atoms with van der Waals surface area (Å²) in [5.74, 6) is 0.885. The molecule has 53 heavy (non-hydrogen) atoms. The number of hydrogen-bond donors (Lipinski definition) is 0. The number of fused-ring (bicyclic) bond motifs is 6. The van der Waals surface area contributed by atoms with Gasteiger partial charge in [-0.25, -0.2) is 0 Å². The van der Waals surface area contributed by atoms with E-state index in [1.807, 2.05) is 12.2 Å². The van der Waals surface area contributed by atoms with Crippen molar-refractivity contribution in [2.45, 2.75) is 12.3 Å². The molecule has 0 saturated carbocycles. The Morgan fingerprint density at radius 3 is 1.89 bits per heavy atom. The van der Waals surface area contributed by atoms with Gasteiger partial charge in [-0.3, -0.25) is 0 Å². The predicted molar refractivity (Wildman–Crippen MR) is 221 cm³/mol. The average Bonchev–Trinajstić information content (AvgIpc) is 3.73. The van der Waals surface area contributed by atoms with Crippen molar-refractivity contribution in [3.05, 3.63) is 222 Å². The first-order chi connectivity index (χ1) is 26.2. The minimum Gasteiger partial charge on any atom is -0.460 e. The van der Waals surface area contributed by atoms with Gasteiger partial charge in [0.2, 0.25) is 0 Å². The number of anilines is 3. The SMILES string of the molecule is C=C/C=C\c1c(C)oc2c(C3(c4ccccc4)c4ccccc4N(c4ccc5c(c4)c4ccccc4n5-c4ccccc4)c4ccccc43)cccc12. The smallest absolute Gasteiger partial charge is 0.139 e. The number of nitrogens with zero attached hydrogens (tertiary/aromatic N) is 2. The van der Waals surface area contributed by atoms with E-state index in [1.54, 1.807) is 0 Å². The summed E-state index contributed by atoms with van der Waals surface area (Å²) in [7, 11) is 0. The molecule has 10 rings (SSSR count). The normalized spacial score (nSPS) is 13.5. The van der Waals surface area contributed by atoms with Crippen molar-refractivity contribution in [2.75, 3.05) is 4.90 Å². The Balaban J connectivity index is 1.28. The van der Waals surface area contributed by atoms with Crippen LogP contribution in [0.4, 0.5) is 17.1 Å². The minimum atomic E-state index is -0.679. The highest BCUT2D eigenvalue weighted by molar-refractivity contribution is 6.11. The standard InChI is InChI=1S/C50H36N2O/c1-3-4-22-38-34(2)53-49-40(38)24-17-27-44(49)50(35-18-7-5-8-19-35)42-25-12-15-29-47(42)52(48-30-16-13-26-43(48)50)37-31-32-46-41(33-37)39-23-11-14-28-45(39)51(46)36-20-9-6-10-21-36/h3-33H,1H2,2H3/b22-4-. The van der Waals surface area contributed by atoms with Crippen molar-refractivity contribution in [1.29, 1.82) is 0 Å². The molecule has 0 N–H and O–H groups in total. The molecular weight excluding hydrogens is 645 g/mol. The molecule has 0 saturated heterocycles. The molecule has 3 heteroatoms. The number of aromatic nitrogens is 1. The molecule has 0 unspecified atom stereocenters. The molecule has 2 aromatic heterocycles. The first-order valence-corrected chi connectivity index (χ1v) is 18.1. The summed E-state index contributed by atoms with van der Waals surface area (Å²) in [5, 5.41) is 3.53. The van der Waals surface area contributed by atoms with Gasteiger partial charge in [0.25, 0.3) is 0 Å². The summed E-state index contributed by atoms with van der Waals surface area (Å²) in [6.45, 7) is 5.97.